The van der Waals surface area contributed by atoms with Gasteiger partial charge in [-0.3, -0.25) is 9.59 Å². The SMILES string of the molecule is O=C1C[C@@H](c2cccs2)CC2=C1[C@@H](c1cc(=O)c3cc(Cl)ccc3o1)Nc1ccccc1N2. The van der Waals surface area contributed by atoms with E-state index in [1.807, 2.05) is 35.7 Å². The lowest BCUT2D eigenvalue weighted by atomic mass is 9.82. The van der Waals surface area contributed by atoms with Crippen LogP contribution in [0.1, 0.15) is 35.4 Å². The van der Waals surface area contributed by atoms with Crippen molar-refractivity contribution in [3.05, 3.63) is 103 Å². The van der Waals surface area contributed by atoms with Crippen molar-refractivity contribution >= 4 is 51.1 Å². The molecule has 0 spiro atoms. The number of carbonyl (C=O) groups is 1. The van der Waals surface area contributed by atoms with Crippen LogP contribution in [0.25, 0.3) is 11.0 Å². The molecule has 1 aliphatic carbocycles. The van der Waals surface area contributed by atoms with E-state index in [2.05, 4.69) is 16.7 Å². The van der Waals surface area contributed by atoms with Crippen LogP contribution in [0.3, 0.4) is 0 Å². The molecule has 0 fully saturated rings. The number of ketones is 1. The summed E-state index contributed by atoms with van der Waals surface area (Å²) in [5.74, 6) is 0.579. The second kappa shape index (κ2) is 7.90. The summed E-state index contributed by atoms with van der Waals surface area (Å²) < 4.78 is 6.17. The van der Waals surface area contributed by atoms with Gasteiger partial charge in [-0.1, -0.05) is 29.8 Å². The molecule has 164 valence electrons. The average Bonchev–Trinajstić information content (AvgIpc) is 3.28. The number of allylic oxidation sites excluding steroid dienone is 1. The fraction of sp³-hybridized carbons (Fsp3) is 0.154. The molecule has 0 amide bonds. The van der Waals surface area contributed by atoms with Crippen molar-refractivity contribution in [2.24, 2.45) is 0 Å². The number of Topliss-reactive ketones (excluding diaryl/α,β-unsaturated/α-hetero) is 1. The number of thiophene rings is 1. The molecule has 2 aliphatic rings. The Kier molecular flexibility index (Phi) is 4.85. The van der Waals surface area contributed by atoms with Crippen LogP contribution in [0.5, 0.6) is 0 Å². The van der Waals surface area contributed by atoms with Gasteiger partial charge in [-0.15, -0.1) is 11.3 Å². The van der Waals surface area contributed by atoms with Gasteiger partial charge in [0.25, 0.3) is 0 Å². The molecule has 7 heteroatoms. The van der Waals surface area contributed by atoms with Crippen LogP contribution >= 0.6 is 22.9 Å². The minimum atomic E-state index is -0.583. The Bertz CT molecular complexity index is 1490. The molecule has 0 saturated carbocycles. The van der Waals surface area contributed by atoms with Gasteiger partial charge in [0.2, 0.25) is 0 Å². The van der Waals surface area contributed by atoms with Gasteiger partial charge in [-0.05, 0) is 48.2 Å². The zero-order chi connectivity index (χ0) is 22.5. The van der Waals surface area contributed by atoms with Crippen molar-refractivity contribution < 1.29 is 9.21 Å². The third-order valence-corrected chi connectivity index (χ3v) is 7.52. The number of rotatable bonds is 2. The first kappa shape index (κ1) is 20.3. The Morgan fingerprint density at radius 3 is 2.64 bits per heavy atom. The molecule has 6 rings (SSSR count). The van der Waals surface area contributed by atoms with E-state index in [1.165, 1.54) is 10.9 Å². The van der Waals surface area contributed by atoms with E-state index in [-0.39, 0.29) is 17.1 Å². The van der Waals surface area contributed by atoms with Crippen LogP contribution in [0, 0.1) is 0 Å². The normalized spacial score (nSPS) is 20.0. The van der Waals surface area contributed by atoms with Crippen molar-refractivity contribution in [1.82, 2.24) is 0 Å². The van der Waals surface area contributed by atoms with Gasteiger partial charge < -0.3 is 15.1 Å². The second-order valence-electron chi connectivity index (χ2n) is 8.34. The number of hydrogen-bond acceptors (Lipinski definition) is 6. The highest BCUT2D eigenvalue weighted by Gasteiger charge is 2.37. The minimum absolute atomic E-state index is 0.0475. The number of fused-ring (bicyclic) bond motifs is 2. The first-order valence-electron chi connectivity index (χ1n) is 10.7. The third-order valence-electron chi connectivity index (χ3n) is 6.25. The number of nitrogens with one attached hydrogen (secondary N) is 2. The van der Waals surface area contributed by atoms with Crippen molar-refractivity contribution in [3.8, 4) is 0 Å². The Hall–Kier alpha value is -3.35. The smallest absolute Gasteiger partial charge is 0.193 e. The lowest BCUT2D eigenvalue weighted by Crippen LogP contribution is -2.27. The molecular weight excluding hydrogens is 456 g/mol. The van der Waals surface area contributed by atoms with Gasteiger partial charge in [0, 0.05) is 39.6 Å². The van der Waals surface area contributed by atoms with Crippen molar-refractivity contribution in [1.29, 1.82) is 0 Å². The maximum atomic E-state index is 13.5. The van der Waals surface area contributed by atoms with Crippen molar-refractivity contribution in [3.63, 3.8) is 0 Å². The van der Waals surface area contributed by atoms with Gasteiger partial charge in [-0.25, -0.2) is 0 Å². The molecule has 0 bridgehead atoms. The number of carbonyl (C=O) groups excluding carboxylic acids is 1. The molecule has 4 aromatic rings. The number of hydrogen-bond donors (Lipinski definition) is 2. The van der Waals surface area contributed by atoms with Crippen LogP contribution in [0.15, 0.2) is 86.5 Å². The zero-order valence-corrected chi connectivity index (χ0v) is 19.0. The van der Waals surface area contributed by atoms with E-state index in [0.29, 0.717) is 40.2 Å². The van der Waals surface area contributed by atoms with E-state index in [1.54, 1.807) is 29.5 Å². The molecule has 33 heavy (non-hydrogen) atoms. The highest BCUT2D eigenvalue weighted by atomic mass is 35.5. The number of benzene rings is 2. The van der Waals surface area contributed by atoms with Crippen LogP contribution in [0.4, 0.5) is 11.4 Å². The highest BCUT2D eigenvalue weighted by molar-refractivity contribution is 7.10. The average molecular weight is 475 g/mol. The lowest BCUT2D eigenvalue weighted by molar-refractivity contribution is -0.116. The van der Waals surface area contributed by atoms with Crippen molar-refractivity contribution in [2.45, 2.75) is 24.8 Å². The second-order valence-corrected chi connectivity index (χ2v) is 9.75. The monoisotopic (exact) mass is 474 g/mol. The lowest BCUT2D eigenvalue weighted by Gasteiger charge is -2.28. The molecular formula is C26H19ClN2O3S. The van der Waals surface area contributed by atoms with Crippen molar-refractivity contribution in [2.75, 3.05) is 10.6 Å². The fourth-order valence-corrected chi connectivity index (χ4v) is 5.72. The highest BCUT2D eigenvalue weighted by Crippen LogP contribution is 2.45. The van der Waals surface area contributed by atoms with Gasteiger partial charge >= 0.3 is 0 Å². The predicted octanol–water partition coefficient (Wildman–Crippen LogP) is 6.49. The Morgan fingerprint density at radius 2 is 1.82 bits per heavy atom. The summed E-state index contributed by atoms with van der Waals surface area (Å²) >= 11 is 7.75. The molecule has 2 aromatic carbocycles. The van der Waals surface area contributed by atoms with Gasteiger partial charge in [0.05, 0.1) is 16.8 Å². The quantitative estimate of drug-likeness (QED) is 0.347. The summed E-state index contributed by atoms with van der Waals surface area (Å²) in [7, 11) is 0. The van der Waals surface area contributed by atoms with Crippen LogP contribution < -0.4 is 16.1 Å². The molecule has 2 N–H and O–H groups in total. The van der Waals surface area contributed by atoms with Crippen LogP contribution in [-0.2, 0) is 4.79 Å². The van der Waals surface area contributed by atoms with E-state index in [0.717, 1.165) is 17.1 Å². The fourth-order valence-electron chi connectivity index (χ4n) is 4.72. The maximum Gasteiger partial charge on any atom is 0.193 e. The molecule has 0 unspecified atom stereocenters. The molecule has 0 saturated heterocycles. The Balaban J connectivity index is 1.52. The Labute approximate surface area is 198 Å². The number of para-hydroxylation sites is 2. The topological polar surface area (TPSA) is 71.3 Å². The summed E-state index contributed by atoms with van der Waals surface area (Å²) in [6.45, 7) is 0. The molecule has 2 aromatic heterocycles. The largest absolute Gasteiger partial charge is 0.458 e. The predicted molar refractivity (Wildman–Crippen MR) is 132 cm³/mol. The Morgan fingerprint density at radius 1 is 0.970 bits per heavy atom. The molecule has 5 nitrogen and oxygen atoms in total. The summed E-state index contributed by atoms with van der Waals surface area (Å²) in [6.07, 6.45) is 1.13. The van der Waals surface area contributed by atoms with E-state index in [4.69, 9.17) is 16.0 Å². The van der Waals surface area contributed by atoms with Gasteiger partial charge in [0.1, 0.15) is 17.4 Å². The summed E-state index contributed by atoms with van der Waals surface area (Å²) in [5, 5.41) is 9.90. The number of anilines is 2. The number of halogens is 1. The molecule has 0 radical (unpaired) electrons. The maximum absolute atomic E-state index is 13.5. The van der Waals surface area contributed by atoms with E-state index < -0.39 is 6.04 Å². The summed E-state index contributed by atoms with van der Waals surface area (Å²) in [5.41, 5.74) is 3.47. The summed E-state index contributed by atoms with van der Waals surface area (Å²) in [4.78, 5) is 27.7. The first-order valence-corrected chi connectivity index (χ1v) is 12.0. The minimum Gasteiger partial charge on any atom is -0.458 e. The summed E-state index contributed by atoms with van der Waals surface area (Å²) in [6, 6.07) is 17.8. The molecule has 3 heterocycles. The van der Waals surface area contributed by atoms with Gasteiger partial charge in [-0.2, -0.15) is 0 Å². The van der Waals surface area contributed by atoms with Crippen LogP contribution in [-0.4, -0.2) is 5.78 Å². The standard InChI is InChI=1S/C26H19ClN2O3S/c27-15-7-8-22-16(12-15)20(30)13-23(32-22)26-25-19(28-17-4-1-2-5-18(17)29-26)10-14(11-21(25)31)24-6-3-9-33-24/h1-9,12-14,26,28-29H,10-11H2/t14-,26+/m0/s1. The van der Waals surface area contributed by atoms with Crippen LogP contribution in [0.2, 0.25) is 5.02 Å². The van der Waals surface area contributed by atoms with E-state index in [9.17, 15) is 9.59 Å². The third kappa shape index (κ3) is 3.56. The first-order chi connectivity index (χ1) is 16.1. The van der Waals surface area contributed by atoms with E-state index >= 15 is 0 Å². The molecule has 2 atom stereocenters. The zero-order valence-electron chi connectivity index (χ0n) is 17.4. The molecule has 1 aliphatic heterocycles. The van der Waals surface area contributed by atoms with Gasteiger partial charge in [0.15, 0.2) is 11.2 Å².